The highest BCUT2D eigenvalue weighted by atomic mass is 32.2. The Morgan fingerprint density at radius 3 is 2.86 bits per heavy atom. The van der Waals surface area contributed by atoms with Crippen LogP contribution >= 0.6 is 23.5 Å². The molecule has 21 heavy (non-hydrogen) atoms. The van der Waals surface area contributed by atoms with Gasteiger partial charge in [0.25, 0.3) is 0 Å². The van der Waals surface area contributed by atoms with Crippen LogP contribution in [0.2, 0.25) is 0 Å². The summed E-state index contributed by atoms with van der Waals surface area (Å²) in [6.45, 7) is 1.72. The summed E-state index contributed by atoms with van der Waals surface area (Å²) < 4.78 is 5.32. The predicted octanol–water partition coefficient (Wildman–Crippen LogP) is 0.115. The molecule has 2 rings (SSSR count). The summed E-state index contributed by atoms with van der Waals surface area (Å²) in [5.74, 6) is 0.628. The van der Waals surface area contributed by atoms with Crippen LogP contribution in [0.3, 0.4) is 0 Å². The van der Waals surface area contributed by atoms with E-state index in [1.165, 1.54) is 23.5 Å². The van der Waals surface area contributed by atoms with Gasteiger partial charge in [0.2, 0.25) is 11.0 Å². The second-order valence-corrected chi connectivity index (χ2v) is 7.32. The van der Waals surface area contributed by atoms with Crippen molar-refractivity contribution in [2.75, 3.05) is 37.4 Å². The summed E-state index contributed by atoms with van der Waals surface area (Å²) in [7, 11) is 2.00. The SMILES string of the molecule is CN1CCC(OC(=O)CSCC(=O)NC2CCSC2=O)C1. The first-order chi connectivity index (χ1) is 10.0. The van der Waals surface area contributed by atoms with Crippen LogP contribution in [0.1, 0.15) is 12.8 Å². The minimum absolute atomic E-state index is 0.0231. The molecule has 118 valence electrons. The molecule has 0 aliphatic carbocycles. The first-order valence-electron chi connectivity index (χ1n) is 6.96. The van der Waals surface area contributed by atoms with Crippen LogP contribution in [0.5, 0.6) is 0 Å². The zero-order valence-corrected chi connectivity index (χ0v) is 13.6. The third kappa shape index (κ3) is 5.52. The molecule has 0 aromatic heterocycles. The highest BCUT2D eigenvalue weighted by Crippen LogP contribution is 2.19. The Balaban J connectivity index is 1.57. The number of carbonyl (C=O) groups is 3. The van der Waals surface area contributed by atoms with Crippen molar-refractivity contribution in [3.8, 4) is 0 Å². The van der Waals surface area contributed by atoms with Gasteiger partial charge in [-0.1, -0.05) is 11.8 Å². The first-order valence-corrected chi connectivity index (χ1v) is 9.10. The summed E-state index contributed by atoms with van der Waals surface area (Å²) in [5, 5.41) is 2.72. The van der Waals surface area contributed by atoms with Gasteiger partial charge in [-0.05, 0) is 19.9 Å². The molecule has 0 saturated carbocycles. The van der Waals surface area contributed by atoms with Gasteiger partial charge >= 0.3 is 5.97 Å². The van der Waals surface area contributed by atoms with Crippen LogP contribution in [0.15, 0.2) is 0 Å². The van der Waals surface area contributed by atoms with Crippen LogP contribution in [-0.2, 0) is 19.1 Å². The fourth-order valence-electron chi connectivity index (χ4n) is 2.30. The number of likely N-dealkylation sites (N-methyl/N-ethyl adjacent to an activating group) is 1. The average molecular weight is 332 g/mol. The zero-order chi connectivity index (χ0) is 15.2. The van der Waals surface area contributed by atoms with Crippen molar-refractivity contribution < 1.29 is 19.1 Å². The van der Waals surface area contributed by atoms with E-state index in [9.17, 15) is 14.4 Å². The van der Waals surface area contributed by atoms with Crippen LogP contribution in [0.25, 0.3) is 0 Å². The maximum Gasteiger partial charge on any atom is 0.316 e. The standard InChI is InChI=1S/C13H20N2O4S2/c1-15-4-2-9(6-15)19-12(17)8-20-7-11(16)14-10-3-5-21-13(10)18/h9-10H,2-8H2,1H3,(H,14,16). The number of carbonyl (C=O) groups excluding carboxylic acids is 3. The van der Waals surface area contributed by atoms with Crippen molar-refractivity contribution in [2.24, 2.45) is 0 Å². The quantitative estimate of drug-likeness (QED) is 0.692. The van der Waals surface area contributed by atoms with E-state index < -0.39 is 0 Å². The van der Waals surface area contributed by atoms with Crippen LogP contribution in [-0.4, -0.2) is 71.4 Å². The van der Waals surface area contributed by atoms with Gasteiger partial charge in [-0.3, -0.25) is 14.4 Å². The minimum Gasteiger partial charge on any atom is -0.460 e. The summed E-state index contributed by atoms with van der Waals surface area (Å²) in [5.41, 5.74) is 0. The van der Waals surface area contributed by atoms with Gasteiger partial charge in [0.05, 0.1) is 17.5 Å². The van der Waals surface area contributed by atoms with E-state index in [2.05, 4.69) is 10.2 Å². The van der Waals surface area contributed by atoms with Crippen molar-refractivity contribution in [1.82, 2.24) is 10.2 Å². The van der Waals surface area contributed by atoms with Crippen LogP contribution in [0, 0.1) is 0 Å². The summed E-state index contributed by atoms with van der Waals surface area (Å²) in [6, 6.07) is -0.357. The lowest BCUT2D eigenvalue weighted by molar-refractivity contribution is -0.145. The predicted molar refractivity (Wildman–Crippen MR) is 83.3 cm³/mol. The highest BCUT2D eigenvalue weighted by molar-refractivity contribution is 8.14. The Labute approximate surface area is 132 Å². The Bertz CT molecular complexity index is 419. The Hall–Kier alpha value is -0.730. The molecule has 6 nitrogen and oxygen atoms in total. The molecule has 0 spiro atoms. The molecule has 2 aliphatic heterocycles. The number of hydrogen-bond acceptors (Lipinski definition) is 7. The largest absolute Gasteiger partial charge is 0.460 e. The molecule has 0 aromatic carbocycles. The number of ether oxygens (including phenoxy) is 1. The maximum atomic E-state index is 11.7. The summed E-state index contributed by atoms with van der Waals surface area (Å²) >= 11 is 2.48. The smallest absolute Gasteiger partial charge is 0.316 e. The Morgan fingerprint density at radius 2 is 2.24 bits per heavy atom. The van der Waals surface area contributed by atoms with Crippen molar-refractivity contribution in [3.63, 3.8) is 0 Å². The van der Waals surface area contributed by atoms with E-state index in [1.807, 2.05) is 7.05 Å². The fraction of sp³-hybridized carbons (Fsp3) is 0.769. The molecule has 0 aromatic rings. The maximum absolute atomic E-state index is 11.7. The molecule has 2 fully saturated rings. The molecular weight excluding hydrogens is 312 g/mol. The molecule has 2 aliphatic rings. The van der Waals surface area contributed by atoms with Crippen LogP contribution < -0.4 is 5.32 Å². The zero-order valence-electron chi connectivity index (χ0n) is 12.0. The van der Waals surface area contributed by atoms with E-state index in [0.29, 0.717) is 6.42 Å². The molecule has 8 heteroatoms. The van der Waals surface area contributed by atoms with E-state index in [4.69, 9.17) is 4.74 Å². The number of nitrogens with one attached hydrogen (secondary N) is 1. The molecule has 2 atom stereocenters. The number of thioether (sulfide) groups is 2. The number of nitrogens with zero attached hydrogens (tertiary/aromatic N) is 1. The number of esters is 1. The third-order valence-corrected chi connectivity index (χ3v) is 5.28. The lowest BCUT2D eigenvalue weighted by Crippen LogP contribution is -2.38. The van der Waals surface area contributed by atoms with E-state index in [1.54, 1.807) is 0 Å². The minimum atomic E-state index is -0.357. The molecule has 2 saturated heterocycles. The van der Waals surface area contributed by atoms with Gasteiger partial charge in [-0.25, -0.2) is 0 Å². The lowest BCUT2D eigenvalue weighted by atomic mass is 10.2. The Kier molecular flexibility index (Phi) is 6.38. The normalized spacial score (nSPS) is 26.0. The molecule has 2 unspecified atom stereocenters. The molecular formula is C13H20N2O4S2. The average Bonchev–Trinajstić information content (AvgIpc) is 2.99. The first kappa shape index (κ1) is 16.6. The third-order valence-electron chi connectivity index (χ3n) is 3.37. The van der Waals surface area contributed by atoms with Crippen molar-refractivity contribution in [2.45, 2.75) is 25.0 Å². The van der Waals surface area contributed by atoms with Gasteiger partial charge in [-0.2, -0.15) is 0 Å². The number of hydrogen-bond donors (Lipinski definition) is 1. The van der Waals surface area contributed by atoms with Crippen molar-refractivity contribution in [3.05, 3.63) is 0 Å². The second kappa shape index (κ2) is 8.05. The summed E-state index contributed by atoms with van der Waals surface area (Å²) in [4.78, 5) is 36.8. The lowest BCUT2D eigenvalue weighted by Gasteiger charge is -2.12. The number of likely N-dealkylation sites (tertiary alicyclic amines) is 1. The molecule has 1 amide bonds. The molecule has 0 radical (unpaired) electrons. The van der Waals surface area contributed by atoms with E-state index in [0.717, 1.165) is 25.3 Å². The second-order valence-electron chi connectivity index (χ2n) is 5.23. The van der Waals surface area contributed by atoms with Crippen molar-refractivity contribution in [1.29, 1.82) is 0 Å². The van der Waals surface area contributed by atoms with Gasteiger partial charge in [0.15, 0.2) is 0 Å². The van der Waals surface area contributed by atoms with Crippen molar-refractivity contribution >= 4 is 40.5 Å². The molecule has 0 bridgehead atoms. The van der Waals surface area contributed by atoms with Crippen LogP contribution in [0.4, 0.5) is 0 Å². The van der Waals surface area contributed by atoms with Gasteiger partial charge in [-0.15, -0.1) is 11.8 Å². The van der Waals surface area contributed by atoms with Gasteiger partial charge in [0.1, 0.15) is 6.10 Å². The fourth-order valence-corrected chi connectivity index (χ4v) is 3.84. The summed E-state index contributed by atoms with van der Waals surface area (Å²) in [6.07, 6.45) is 1.54. The number of amides is 1. The van der Waals surface area contributed by atoms with Gasteiger partial charge in [0, 0.05) is 18.8 Å². The monoisotopic (exact) mass is 332 g/mol. The molecule has 1 N–H and O–H groups in total. The van der Waals surface area contributed by atoms with E-state index >= 15 is 0 Å². The topological polar surface area (TPSA) is 75.7 Å². The Morgan fingerprint density at radius 1 is 1.43 bits per heavy atom. The highest BCUT2D eigenvalue weighted by Gasteiger charge is 2.27. The number of rotatable bonds is 6. The molecule has 2 heterocycles. The van der Waals surface area contributed by atoms with E-state index in [-0.39, 0.29) is 40.6 Å². The van der Waals surface area contributed by atoms with Gasteiger partial charge < -0.3 is 15.0 Å².